The highest BCUT2D eigenvalue weighted by Crippen LogP contribution is 2.28. The second kappa shape index (κ2) is 11.6. The number of nitrogens with one attached hydrogen (secondary N) is 2. The number of fused-ring (bicyclic) bond motifs is 1. The van der Waals surface area contributed by atoms with Crippen LogP contribution in [0.4, 0.5) is 14.9 Å². The van der Waals surface area contributed by atoms with Gasteiger partial charge in [0.05, 0.1) is 5.52 Å². The van der Waals surface area contributed by atoms with Gasteiger partial charge in [0, 0.05) is 69.2 Å². The van der Waals surface area contributed by atoms with Gasteiger partial charge in [0.1, 0.15) is 5.82 Å². The van der Waals surface area contributed by atoms with E-state index in [4.69, 9.17) is 9.90 Å². The molecule has 3 N–H and O–H groups in total. The molecule has 0 atom stereocenters. The zero-order valence-corrected chi connectivity index (χ0v) is 19.8. The minimum absolute atomic E-state index is 0.221. The van der Waals surface area contributed by atoms with Gasteiger partial charge in [-0.25, -0.2) is 9.18 Å². The largest absolute Gasteiger partial charge is 0.481 e. The Labute approximate surface area is 199 Å². The third-order valence-electron chi connectivity index (χ3n) is 5.58. The van der Waals surface area contributed by atoms with Crippen LogP contribution in [0.3, 0.4) is 0 Å². The van der Waals surface area contributed by atoms with Crippen LogP contribution in [-0.2, 0) is 11.3 Å². The van der Waals surface area contributed by atoms with Crippen molar-refractivity contribution in [1.82, 2.24) is 19.7 Å². The van der Waals surface area contributed by atoms with Crippen LogP contribution in [0.5, 0.6) is 0 Å². The highest BCUT2D eigenvalue weighted by atomic mass is 19.1. The van der Waals surface area contributed by atoms with Gasteiger partial charge in [-0.1, -0.05) is 0 Å². The quantitative estimate of drug-likeness (QED) is 0.530. The molecular formula is C25H32FN5O3. The van der Waals surface area contributed by atoms with Gasteiger partial charge in [-0.15, -0.1) is 0 Å². The topological polar surface area (TPSA) is 89.8 Å². The normalized spacial score (nSPS) is 14.4. The summed E-state index contributed by atoms with van der Waals surface area (Å²) >= 11 is 0. The number of hydrogen-bond donors (Lipinski definition) is 3. The summed E-state index contributed by atoms with van der Waals surface area (Å²) in [5.74, 6) is -1.05. The first-order valence-corrected chi connectivity index (χ1v) is 11.3. The fourth-order valence-electron chi connectivity index (χ4n) is 3.90. The number of aliphatic carboxylic acids is 1. The van der Waals surface area contributed by atoms with Gasteiger partial charge < -0.3 is 25.2 Å². The van der Waals surface area contributed by atoms with Gasteiger partial charge in [-0.05, 0) is 62.0 Å². The Morgan fingerprint density at radius 2 is 1.71 bits per heavy atom. The lowest BCUT2D eigenvalue weighted by molar-refractivity contribution is -0.134. The first-order chi connectivity index (χ1) is 16.3. The zero-order chi connectivity index (χ0) is 24.7. The molecule has 0 bridgehead atoms. The van der Waals surface area contributed by atoms with Crippen LogP contribution in [0.1, 0.15) is 19.4 Å². The number of likely N-dealkylation sites (N-methyl/N-ethyl adjacent to an activating group) is 1. The summed E-state index contributed by atoms with van der Waals surface area (Å²) in [5, 5.41) is 13.9. The summed E-state index contributed by atoms with van der Waals surface area (Å²) in [5.41, 5.74) is 3.80. The Bertz CT molecular complexity index is 1120. The third-order valence-corrected chi connectivity index (χ3v) is 5.58. The van der Waals surface area contributed by atoms with Gasteiger partial charge in [-0.2, -0.15) is 0 Å². The van der Waals surface area contributed by atoms with E-state index in [0.29, 0.717) is 6.54 Å². The number of amides is 2. The second-order valence-electron chi connectivity index (χ2n) is 8.32. The minimum Gasteiger partial charge on any atom is -0.481 e. The number of benzene rings is 2. The number of nitrogens with zero attached hydrogens (tertiary/aromatic N) is 3. The number of hydrogen-bond acceptors (Lipinski definition) is 4. The number of aromatic nitrogens is 1. The maximum atomic E-state index is 14.0. The molecule has 1 fully saturated rings. The van der Waals surface area contributed by atoms with Crippen molar-refractivity contribution in [3.63, 3.8) is 0 Å². The van der Waals surface area contributed by atoms with Crippen LogP contribution in [0.25, 0.3) is 16.6 Å². The number of carbonyl (C=O) groups is 2. The standard InChI is InChI=1S/C23H28FN5O.C2H4O2/c1-3-25-23(30)26-19-5-7-20(8-6-19)29-16-17(15-28-12-10-27(2)11-13-28)21-14-18(24)4-9-22(21)29;1-2(3)4/h4-9,14,16H,3,10-13,15H2,1-2H3,(H2,25,26,30);1H3,(H,3,4). The van der Waals surface area contributed by atoms with E-state index < -0.39 is 5.97 Å². The molecule has 0 unspecified atom stereocenters. The predicted octanol–water partition coefficient (Wildman–Crippen LogP) is 3.75. The SMILES string of the molecule is CC(=O)O.CCNC(=O)Nc1ccc(-n2cc(CN3CCN(C)CC3)c3cc(F)ccc32)cc1. The smallest absolute Gasteiger partial charge is 0.319 e. The molecule has 1 saturated heterocycles. The molecule has 4 rings (SSSR count). The van der Waals surface area contributed by atoms with Gasteiger partial charge in [0.2, 0.25) is 0 Å². The van der Waals surface area contributed by atoms with Crippen LogP contribution in [0, 0.1) is 5.82 Å². The van der Waals surface area contributed by atoms with Gasteiger partial charge in [0.25, 0.3) is 5.97 Å². The molecule has 1 aliphatic heterocycles. The van der Waals surface area contributed by atoms with E-state index in [1.807, 2.05) is 37.3 Å². The van der Waals surface area contributed by atoms with Crippen molar-refractivity contribution in [1.29, 1.82) is 0 Å². The van der Waals surface area contributed by atoms with Crippen LogP contribution in [0.2, 0.25) is 0 Å². The summed E-state index contributed by atoms with van der Waals surface area (Å²) in [7, 11) is 2.14. The lowest BCUT2D eigenvalue weighted by Crippen LogP contribution is -2.43. The highest BCUT2D eigenvalue weighted by molar-refractivity contribution is 5.89. The summed E-state index contributed by atoms with van der Waals surface area (Å²) in [6, 6.07) is 12.4. The van der Waals surface area contributed by atoms with Gasteiger partial charge in [-0.3, -0.25) is 9.69 Å². The third kappa shape index (κ3) is 6.79. The lowest BCUT2D eigenvalue weighted by atomic mass is 10.1. The minimum atomic E-state index is -0.833. The van der Waals surface area contributed by atoms with E-state index in [9.17, 15) is 9.18 Å². The summed E-state index contributed by atoms with van der Waals surface area (Å²) < 4.78 is 16.1. The Balaban J connectivity index is 0.000000751. The zero-order valence-electron chi connectivity index (χ0n) is 19.8. The van der Waals surface area contributed by atoms with Crippen molar-refractivity contribution < 1.29 is 19.1 Å². The van der Waals surface area contributed by atoms with Gasteiger partial charge in [0.15, 0.2) is 0 Å². The maximum Gasteiger partial charge on any atom is 0.319 e. The molecule has 2 aromatic carbocycles. The van der Waals surface area contributed by atoms with E-state index >= 15 is 0 Å². The molecule has 0 saturated carbocycles. The van der Waals surface area contributed by atoms with Crippen molar-refractivity contribution in [2.75, 3.05) is 45.1 Å². The number of carbonyl (C=O) groups excluding carboxylic acids is 1. The Morgan fingerprint density at radius 1 is 1.06 bits per heavy atom. The molecular weight excluding hydrogens is 437 g/mol. The Hall–Kier alpha value is -3.43. The molecule has 182 valence electrons. The van der Waals surface area contributed by atoms with Crippen molar-refractivity contribution in [2.45, 2.75) is 20.4 Å². The molecule has 8 nitrogen and oxygen atoms in total. The molecule has 2 heterocycles. The number of carboxylic acid groups (broad SMARTS) is 1. The van der Waals surface area contributed by atoms with E-state index in [1.165, 1.54) is 6.07 Å². The monoisotopic (exact) mass is 469 g/mol. The molecule has 34 heavy (non-hydrogen) atoms. The summed E-state index contributed by atoms with van der Waals surface area (Å²) in [6.45, 7) is 8.46. The molecule has 9 heteroatoms. The van der Waals surface area contributed by atoms with Crippen LogP contribution in [0.15, 0.2) is 48.7 Å². The van der Waals surface area contributed by atoms with Crippen molar-refractivity contribution in [2.24, 2.45) is 0 Å². The Morgan fingerprint density at radius 3 is 2.32 bits per heavy atom. The average molecular weight is 470 g/mol. The molecule has 0 radical (unpaired) electrons. The van der Waals surface area contributed by atoms with E-state index in [0.717, 1.165) is 67.5 Å². The highest BCUT2D eigenvalue weighted by Gasteiger charge is 2.17. The number of carboxylic acids is 1. The second-order valence-corrected chi connectivity index (χ2v) is 8.32. The van der Waals surface area contributed by atoms with E-state index in [2.05, 4.69) is 38.2 Å². The fraction of sp³-hybridized carbons (Fsp3) is 0.360. The van der Waals surface area contributed by atoms with Crippen molar-refractivity contribution in [3.05, 3.63) is 60.0 Å². The molecule has 0 spiro atoms. The van der Waals surface area contributed by atoms with Crippen LogP contribution in [-0.4, -0.2) is 71.2 Å². The fourth-order valence-corrected chi connectivity index (χ4v) is 3.90. The lowest BCUT2D eigenvalue weighted by Gasteiger charge is -2.32. The Kier molecular flexibility index (Phi) is 8.61. The number of rotatable bonds is 5. The van der Waals surface area contributed by atoms with Gasteiger partial charge >= 0.3 is 6.03 Å². The molecule has 1 aliphatic rings. The number of anilines is 1. The first kappa shape index (κ1) is 25.2. The molecule has 2 amide bonds. The molecule has 1 aromatic heterocycles. The number of piperazine rings is 1. The van der Waals surface area contributed by atoms with Crippen molar-refractivity contribution >= 4 is 28.6 Å². The summed E-state index contributed by atoms with van der Waals surface area (Å²) in [4.78, 5) is 25.5. The van der Waals surface area contributed by atoms with E-state index in [-0.39, 0.29) is 11.8 Å². The number of urea groups is 1. The molecule has 0 aliphatic carbocycles. The van der Waals surface area contributed by atoms with Crippen molar-refractivity contribution in [3.8, 4) is 5.69 Å². The van der Waals surface area contributed by atoms with E-state index in [1.54, 1.807) is 6.07 Å². The summed E-state index contributed by atoms with van der Waals surface area (Å²) in [6.07, 6.45) is 2.11. The van der Waals surface area contributed by atoms with Crippen LogP contribution < -0.4 is 10.6 Å². The average Bonchev–Trinajstić information content (AvgIpc) is 3.13. The maximum absolute atomic E-state index is 14.0. The van der Waals surface area contributed by atoms with Crippen LogP contribution >= 0.6 is 0 Å². The predicted molar refractivity (Wildman–Crippen MR) is 132 cm³/mol. The number of halogens is 1. The molecule has 3 aromatic rings. The first-order valence-electron chi connectivity index (χ1n) is 11.3.